The molecule has 5 nitrogen and oxygen atoms in total. The Morgan fingerprint density at radius 1 is 0.880 bits per heavy atom. The second-order valence-electron chi connectivity index (χ2n) is 5.38. The van der Waals surface area contributed by atoms with Gasteiger partial charge in [0, 0.05) is 23.1 Å². The van der Waals surface area contributed by atoms with E-state index in [1.807, 2.05) is 0 Å². The van der Waals surface area contributed by atoms with Crippen molar-refractivity contribution in [1.82, 2.24) is 0 Å². The van der Waals surface area contributed by atoms with Crippen LogP contribution in [0.5, 0.6) is 0 Å². The quantitative estimate of drug-likeness (QED) is 0.432. The van der Waals surface area contributed by atoms with Gasteiger partial charge in [-0.15, -0.1) is 14.6 Å². The highest BCUT2D eigenvalue weighted by Crippen LogP contribution is 2.25. The molecule has 128 valence electrons. The molecule has 0 saturated heterocycles. The summed E-state index contributed by atoms with van der Waals surface area (Å²) in [4.78, 5) is 1.29. The zero-order valence-electron chi connectivity index (χ0n) is 13.2. The van der Waals surface area contributed by atoms with Gasteiger partial charge in [0.05, 0.1) is 5.38 Å². The number of hydrogen-bond acceptors (Lipinski definition) is 5. The highest BCUT2D eigenvalue weighted by atomic mass is 35.7. The minimum Gasteiger partial charge on any atom is -0.222 e. The number of benzene rings is 2. The summed E-state index contributed by atoms with van der Waals surface area (Å²) in [7, 11) is -4.94. The van der Waals surface area contributed by atoms with Crippen LogP contribution in [0.15, 0.2) is 66.0 Å². The van der Waals surface area contributed by atoms with Crippen LogP contribution in [0.25, 0.3) is 27.0 Å². The maximum Gasteiger partial charge on any atom is 0.268 e. The first-order chi connectivity index (χ1) is 11.8. The lowest BCUT2D eigenvalue weighted by molar-refractivity contribution is -2.00. The molecular formula is C18H14ClNO4S. The monoisotopic (exact) mass is 375 g/mol. The summed E-state index contributed by atoms with van der Waals surface area (Å²) in [6.07, 6.45) is 0. The fourth-order valence-corrected chi connectivity index (χ4v) is 3.78. The van der Waals surface area contributed by atoms with Crippen molar-refractivity contribution in [2.24, 2.45) is 0 Å². The van der Waals surface area contributed by atoms with Gasteiger partial charge in [0.25, 0.3) is 4.83 Å². The average molecular weight is 376 g/mol. The number of fused-ring (bicyclic) bond motifs is 3. The fraction of sp³-hybridized carbons (Fsp3) is 0.0556. The number of halogens is 1. The summed E-state index contributed by atoms with van der Waals surface area (Å²) in [5, 5.41) is 3.57. The molecule has 2 heterocycles. The molecule has 0 bridgehead atoms. The molecule has 0 aliphatic carbocycles. The second-order valence-corrected chi connectivity index (χ2v) is 7.03. The zero-order chi connectivity index (χ0) is 18.0. The van der Waals surface area contributed by atoms with Gasteiger partial charge < -0.3 is 0 Å². The van der Waals surface area contributed by atoms with E-state index in [1.54, 1.807) is 11.3 Å². The molecule has 0 atom stereocenters. The zero-order valence-corrected chi connectivity index (χ0v) is 14.8. The van der Waals surface area contributed by atoms with Crippen LogP contribution in [0.4, 0.5) is 0 Å². The molecule has 0 aliphatic rings. The molecule has 0 saturated carbocycles. The van der Waals surface area contributed by atoms with Crippen LogP contribution >= 0.6 is 11.3 Å². The van der Waals surface area contributed by atoms with Gasteiger partial charge >= 0.3 is 0 Å². The van der Waals surface area contributed by atoms with Crippen LogP contribution in [0, 0.1) is 17.2 Å². The molecule has 0 radical (unpaired) electrons. The molecule has 0 aliphatic heterocycles. The molecule has 0 spiro atoms. The minimum absolute atomic E-state index is 1.26. The van der Waals surface area contributed by atoms with Gasteiger partial charge in [-0.25, -0.2) is 18.6 Å². The maximum absolute atomic E-state index is 8.49. The molecule has 0 amide bonds. The number of aromatic nitrogens is 1. The Hall–Kier alpha value is -2.06. The average Bonchev–Trinajstić information content (AvgIpc) is 2.98. The molecular weight excluding hydrogens is 362 g/mol. The Bertz CT molecular complexity index is 1010. The van der Waals surface area contributed by atoms with Crippen molar-refractivity contribution in [3.8, 4) is 11.3 Å². The molecule has 2 aromatic carbocycles. The first-order valence-electron chi connectivity index (χ1n) is 7.33. The van der Waals surface area contributed by atoms with Crippen molar-refractivity contribution in [1.29, 1.82) is 0 Å². The topological polar surface area (TPSA) is 96.3 Å². The van der Waals surface area contributed by atoms with Gasteiger partial charge in [-0.2, -0.15) is 0 Å². The van der Waals surface area contributed by atoms with Crippen LogP contribution in [0.1, 0.15) is 5.56 Å². The van der Waals surface area contributed by atoms with Crippen molar-refractivity contribution in [2.45, 2.75) is 6.92 Å². The summed E-state index contributed by atoms with van der Waals surface area (Å²) in [5.74, 6) is 0. The van der Waals surface area contributed by atoms with Crippen molar-refractivity contribution in [2.75, 3.05) is 0 Å². The maximum atomic E-state index is 8.49. The van der Waals surface area contributed by atoms with Crippen molar-refractivity contribution < 1.29 is 33.3 Å². The van der Waals surface area contributed by atoms with E-state index in [0.29, 0.717) is 0 Å². The summed E-state index contributed by atoms with van der Waals surface area (Å²) >= 11 is 1.80. The Morgan fingerprint density at radius 2 is 1.48 bits per heavy atom. The van der Waals surface area contributed by atoms with Crippen LogP contribution in [-0.4, -0.2) is 0 Å². The van der Waals surface area contributed by atoms with Gasteiger partial charge in [-0.1, -0.05) is 41.7 Å². The van der Waals surface area contributed by atoms with E-state index in [-0.39, 0.29) is 0 Å². The van der Waals surface area contributed by atoms with Gasteiger partial charge in [-0.05, 0) is 30.7 Å². The van der Waals surface area contributed by atoms with Gasteiger partial charge in [0.15, 0.2) is 0 Å². The highest BCUT2D eigenvalue weighted by molar-refractivity contribution is 7.15. The Morgan fingerprint density at radius 3 is 2.16 bits per heavy atom. The van der Waals surface area contributed by atoms with Crippen LogP contribution in [0.2, 0.25) is 0 Å². The standard InChI is InChI=1S/C18H14NS.ClHO4/c1-13-11-18-19(16-10-6-5-9-15(13)16)17(12-20-18)14-7-3-2-4-8-14;2-1(3,4)5/h2-12H,1H3;(H,2,3,4,5)/q+1;/p-1. The molecule has 0 unspecified atom stereocenters. The lowest BCUT2D eigenvalue weighted by atomic mass is 10.1. The smallest absolute Gasteiger partial charge is 0.222 e. The lowest BCUT2D eigenvalue weighted by Gasteiger charge is -2.17. The van der Waals surface area contributed by atoms with Gasteiger partial charge in [0.1, 0.15) is 0 Å². The molecule has 4 aromatic rings. The number of thiazole rings is 1. The molecule has 0 N–H and O–H groups in total. The van der Waals surface area contributed by atoms with E-state index in [1.165, 1.54) is 32.6 Å². The summed E-state index contributed by atoms with van der Waals surface area (Å²) in [5.41, 5.74) is 5.14. The normalized spacial score (nSPS) is 11.4. The molecule has 0 fully saturated rings. The van der Waals surface area contributed by atoms with Crippen molar-refractivity contribution in [3.05, 3.63) is 71.6 Å². The number of hydrogen-bond donors (Lipinski definition) is 0. The number of para-hydroxylation sites is 1. The van der Waals surface area contributed by atoms with E-state index < -0.39 is 10.2 Å². The first-order valence-corrected chi connectivity index (χ1v) is 9.45. The third-order valence-electron chi connectivity index (χ3n) is 3.73. The van der Waals surface area contributed by atoms with E-state index >= 15 is 0 Å². The van der Waals surface area contributed by atoms with E-state index in [0.717, 1.165) is 0 Å². The van der Waals surface area contributed by atoms with E-state index in [9.17, 15) is 0 Å². The fourth-order valence-electron chi connectivity index (χ4n) is 2.76. The molecule has 7 heteroatoms. The predicted molar refractivity (Wildman–Crippen MR) is 85.2 cm³/mol. The first kappa shape index (κ1) is 17.8. The minimum atomic E-state index is -4.94. The summed E-state index contributed by atoms with van der Waals surface area (Å²) in [6, 6.07) is 21.5. The third-order valence-corrected chi connectivity index (χ3v) is 4.61. The Labute approximate surface area is 150 Å². The number of nitrogens with zero attached hydrogens (tertiary/aromatic N) is 1. The van der Waals surface area contributed by atoms with Crippen LogP contribution in [-0.2, 0) is 0 Å². The van der Waals surface area contributed by atoms with Crippen molar-refractivity contribution >= 4 is 27.1 Å². The predicted octanol–water partition coefficient (Wildman–Crippen LogP) is -0.141. The largest absolute Gasteiger partial charge is 0.268 e. The Kier molecular flexibility index (Phi) is 5.01. The highest BCUT2D eigenvalue weighted by Gasteiger charge is 2.19. The van der Waals surface area contributed by atoms with Crippen LogP contribution in [0.3, 0.4) is 0 Å². The number of rotatable bonds is 1. The van der Waals surface area contributed by atoms with Crippen LogP contribution < -0.4 is 23.0 Å². The van der Waals surface area contributed by atoms with Gasteiger partial charge in [0.2, 0.25) is 11.2 Å². The number of pyridine rings is 1. The SMILES string of the molecule is Cc1cc2scc(-c3ccccc3)[n+]2c2ccccc12.[O-][Cl+3]([O-])([O-])[O-]. The van der Waals surface area contributed by atoms with Crippen molar-refractivity contribution in [3.63, 3.8) is 0 Å². The lowest BCUT2D eigenvalue weighted by Crippen LogP contribution is -2.68. The van der Waals surface area contributed by atoms with E-state index in [2.05, 4.69) is 77.4 Å². The van der Waals surface area contributed by atoms with E-state index in [4.69, 9.17) is 18.6 Å². The van der Waals surface area contributed by atoms with Gasteiger partial charge in [-0.3, -0.25) is 0 Å². The molecule has 4 rings (SSSR count). The molecule has 25 heavy (non-hydrogen) atoms. The summed E-state index contributed by atoms with van der Waals surface area (Å²) < 4.78 is 36.3. The summed E-state index contributed by atoms with van der Waals surface area (Å²) in [6.45, 7) is 2.18. The third kappa shape index (κ3) is 4.13. The Balaban J connectivity index is 0.000000324. The number of aryl methyl sites for hydroxylation is 1. The molecule has 2 aromatic heterocycles. The second kappa shape index (κ2) is 7.05.